The Labute approximate surface area is 158 Å². The fourth-order valence-electron chi connectivity index (χ4n) is 2.91. The van der Waals surface area contributed by atoms with E-state index in [1.54, 1.807) is 0 Å². The number of ether oxygens (including phenoxy) is 3. The molecule has 152 valence electrons. The van der Waals surface area contributed by atoms with E-state index >= 15 is 0 Å². The fraction of sp³-hybridized carbons (Fsp3) is 0.900. The Morgan fingerprint density at radius 1 is 0.885 bits per heavy atom. The third-order valence-electron chi connectivity index (χ3n) is 4.89. The lowest BCUT2D eigenvalue weighted by molar-refractivity contribution is -0.133. The van der Waals surface area contributed by atoms with Crippen LogP contribution in [0.2, 0.25) is 0 Å². The van der Waals surface area contributed by atoms with E-state index in [1.807, 2.05) is 18.7 Å². The number of nitrogens with zero attached hydrogens (tertiary/aromatic N) is 1. The molecule has 6 nitrogen and oxygen atoms in total. The number of amides is 1. The van der Waals surface area contributed by atoms with Crippen molar-refractivity contribution < 1.29 is 23.8 Å². The lowest BCUT2D eigenvalue weighted by Crippen LogP contribution is -2.38. The minimum Gasteiger partial charge on any atom is -0.379 e. The van der Waals surface area contributed by atoms with Gasteiger partial charge in [0.05, 0.1) is 46.1 Å². The van der Waals surface area contributed by atoms with E-state index < -0.39 is 0 Å². The smallest absolute Gasteiger partial charge is 0.224 e. The van der Waals surface area contributed by atoms with Gasteiger partial charge in [-0.1, -0.05) is 27.2 Å². The van der Waals surface area contributed by atoms with Crippen LogP contribution < -0.4 is 0 Å². The average Bonchev–Trinajstić information content (AvgIpc) is 2.65. The Morgan fingerprint density at radius 2 is 1.38 bits per heavy atom. The monoisotopic (exact) mass is 371 g/mol. The summed E-state index contributed by atoms with van der Waals surface area (Å²) in [5.74, 6) is 1.28. The van der Waals surface area contributed by atoms with Crippen molar-refractivity contribution in [3.8, 4) is 0 Å². The van der Waals surface area contributed by atoms with E-state index in [9.17, 15) is 9.59 Å². The normalized spacial score (nSPS) is 15.6. The first-order chi connectivity index (χ1) is 12.5. The number of piperidine rings is 1. The van der Waals surface area contributed by atoms with Gasteiger partial charge in [0.1, 0.15) is 5.78 Å². The molecule has 0 saturated carbocycles. The molecule has 0 N–H and O–H groups in total. The number of carbonyl (C=O) groups excluding carboxylic acids is 2. The van der Waals surface area contributed by atoms with Crippen molar-refractivity contribution >= 4 is 11.7 Å². The maximum absolute atomic E-state index is 12.1. The van der Waals surface area contributed by atoms with E-state index in [0.717, 1.165) is 31.8 Å². The van der Waals surface area contributed by atoms with Crippen LogP contribution in [-0.2, 0) is 23.8 Å². The Bertz CT molecular complexity index is 392. The van der Waals surface area contributed by atoms with E-state index in [4.69, 9.17) is 14.2 Å². The summed E-state index contributed by atoms with van der Waals surface area (Å²) < 4.78 is 16.2. The highest BCUT2D eigenvalue weighted by Crippen LogP contribution is 2.20. The van der Waals surface area contributed by atoms with Crippen molar-refractivity contribution in [1.29, 1.82) is 0 Å². The predicted octanol–water partition coefficient (Wildman–Crippen LogP) is 2.69. The lowest BCUT2D eigenvalue weighted by Gasteiger charge is -2.31. The van der Waals surface area contributed by atoms with Crippen LogP contribution in [0.25, 0.3) is 0 Å². The molecule has 1 aliphatic rings. The third-order valence-corrected chi connectivity index (χ3v) is 4.89. The fourth-order valence-corrected chi connectivity index (χ4v) is 2.91. The average molecular weight is 372 g/mol. The zero-order valence-corrected chi connectivity index (χ0v) is 16.8. The third kappa shape index (κ3) is 10.2. The quantitative estimate of drug-likeness (QED) is 0.439. The van der Waals surface area contributed by atoms with Crippen LogP contribution in [0.15, 0.2) is 0 Å². The van der Waals surface area contributed by atoms with Crippen LogP contribution in [0.5, 0.6) is 0 Å². The van der Waals surface area contributed by atoms with Gasteiger partial charge in [0.25, 0.3) is 0 Å². The molecule has 1 heterocycles. The highest BCUT2D eigenvalue weighted by Gasteiger charge is 2.21. The molecule has 0 unspecified atom stereocenters. The second-order valence-corrected chi connectivity index (χ2v) is 7.19. The summed E-state index contributed by atoms with van der Waals surface area (Å²) >= 11 is 0. The van der Waals surface area contributed by atoms with Crippen LogP contribution in [0.1, 0.15) is 52.9 Å². The number of ketones is 1. The maximum atomic E-state index is 12.1. The molecule has 1 saturated heterocycles. The minimum atomic E-state index is 0.0713. The number of rotatable bonds is 14. The summed E-state index contributed by atoms with van der Waals surface area (Å²) in [5.41, 5.74) is 0. The van der Waals surface area contributed by atoms with Gasteiger partial charge in [-0.3, -0.25) is 9.59 Å². The van der Waals surface area contributed by atoms with Crippen LogP contribution in [-0.4, -0.2) is 69.3 Å². The second kappa shape index (κ2) is 14.1. The zero-order chi connectivity index (χ0) is 19.2. The van der Waals surface area contributed by atoms with Crippen LogP contribution in [0.4, 0.5) is 0 Å². The first kappa shape index (κ1) is 23.1. The van der Waals surface area contributed by atoms with Gasteiger partial charge in [-0.05, 0) is 18.8 Å². The van der Waals surface area contributed by atoms with E-state index in [1.165, 1.54) is 6.42 Å². The number of likely N-dealkylation sites (tertiary alicyclic amines) is 1. The highest BCUT2D eigenvalue weighted by atomic mass is 16.5. The van der Waals surface area contributed by atoms with Crippen molar-refractivity contribution in [2.75, 3.05) is 52.7 Å². The molecule has 0 atom stereocenters. The highest BCUT2D eigenvalue weighted by molar-refractivity contribution is 5.80. The van der Waals surface area contributed by atoms with Gasteiger partial charge < -0.3 is 19.1 Å². The molecule has 0 aromatic carbocycles. The Hall–Kier alpha value is -0.980. The van der Waals surface area contributed by atoms with Gasteiger partial charge in [-0.2, -0.15) is 0 Å². The summed E-state index contributed by atoms with van der Waals surface area (Å²) in [7, 11) is 0. The standard InChI is InChI=1S/C20H37NO5/c1-4-18-5-9-21(10-6-18)20(23)8-12-25-14-16-26-15-13-24-11-7-19(22)17(2)3/h17-18H,4-16H2,1-3H3. The Morgan fingerprint density at radius 3 is 1.88 bits per heavy atom. The summed E-state index contributed by atoms with van der Waals surface area (Å²) in [6.07, 6.45) is 4.39. The molecule has 0 aliphatic carbocycles. The molecule has 0 spiro atoms. The second-order valence-electron chi connectivity index (χ2n) is 7.19. The van der Waals surface area contributed by atoms with Gasteiger partial charge in [-0.15, -0.1) is 0 Å². The SMILES string of the molecule is CCC1CCN(C(=O)CCOCCOCCOCCC(=O)C(C)C)CC1. The van der Waals surface area contributed by atoms with Gasteiger partial charge in [-0.25, -0.2) is 0 Å². The summed E-state index contributed by atoms with van der Waals surface area (Å²) in [4.78, 5) is 25.5. The molecule has 1 aliphatic heterocycles. The summed E-state index contributed by atoms with van der Waals surface area (Å²) in [6.45, 7) is 10.6. The number of Topliss-reactive ketones (excluding diaryl/α,β-unsaturated/α-hetero) is 1. The molecule has 0 radical (unpaired) electrons. The van der Waals surface area contributed by atoms with Crippen LogP contribution >= 0.6 is 0 Å². The first-order valence-corrected chi connectivity index (χ1v) is 10.1. The molecule has 1 amide bonds. The van der Waals surface area contributed by atoms with Crippen LogP contribution in [0.3, 0.4) is 0 Å². The molecule has 0 aromatic heterocycles. The molecular weight excluding hydrogens is 334 g/mol. The Balaban J connectivity index is 1.86. The Kier molecular flexibility index (Phi) is 12.5. The number of hydrogen-bond acceptors (Lipinski definition) is 5. The van der Waals surface area contributed by atoms with Crippen molar-refractivity contribution in [2.45, 2.75) is 52.9 Å². The van der Waals surface area contributed by atoms with E-state index in [0.29, 0.717) is 52.5 Å². The lowest BCUT2D eigenvalue weighted by atomic mass is 9.94. The molecule has 1 rings (SSSR count). The molecule has 0 bridgehead atoms. The number of hydrogen-bond donors (Lipinski definition) is 0. The van der Waals surface area contributed by atoms with Crippen molar-refractivity contribution in [1.82, 2.24) is 4.90 Å². The van der Waals surface area contributed by atoms with E-state index in [2.05, 4.69) is 6.92 Å². The van der Waals surface area contributed by atoms with Gasteiger partial charge in [0.15, 0.2) is 0 Å². The molecule has 6 heteroatoms. The first-order valence-electron chi connectivity index (χ1n) is 10.1. The van der Waals surface area contributed by atoms with Crippen LogP contribution in [0, 0.1) is 11.8 Å². The van der Waals surface area contributed by atoms with Crippen molar-refractivity contribution in [2.24, 2.45) is 11.8 Å². The predicted molar refractivity (Wildman–Crippen MR) is 101 cm³/mol. The zero-order valence-electron chi connectivity index (χ0n) is 16.8. The topological polar surface area (TPSA) is 65.1 Å². The van der Waals surface area contributed by atoms with Crippen molar-refractivity contribution in [3.63, 3.8) is 0 Å². The summed E-state index contributed by atoms with van der Waals surface area (Å²) in [6, 6.07) is 0. The number of carbonyl (C=O) groups is 2. The van der Waals surface area contributed by atoms with E-state index in [-0.39, 0.29) is 17.6 Å². The molecule has 1 fully saturated rings. The van der Waals surface area contributed by atoms with Gasteiger partial charge in [0, 0.05) is 25.4 Å². The summed E-state index contributed by atoms with van der Waals surface area (Å²) in [5, 5.41) is 0. The van der Waals surface area contributed by atoms with Crippen molar-refractivity contribution in [3.05, 3.63) is 0 Å². The largest absolute Gasteiger partial charge is 0.379 e. The molecule has 0 aromatic rings. The molecular formula is C20H37NO5. The van der Waals surface area contributed by atoms with Gasteiger partial charge >= 0.3 is 0 Å². The maximum Gasteiger partial charge on any atom is 0.224 e. The van der Waals surface area contributed by atoms with Gasteiger partial charge in [0.2, 0.25) is 5.91 Å². The minimum absolute atomic E-state index is 0.0713. The molecule has 26 heavy (non-hydrogen) atoms.